The lowest BCUT2D eigenvalue weighted by Crippen LogP contribution is -2.44. The molecule has 0 N–H and O–H groups in total. The van der Waals surface area contributed by atoms with Gasteiger partial charge in [0.1, 0.15) is 12.4 Å². The van der Waals surface area contributed by atoms with Gasteiger partial charge >= 0.3 is 0 Å². The Kier molecular flexibility index (Phi) is 7.20. The van der Waals surface area contributed by atoms with Crippen molar-refractivity contribution in [3.05, 3.63) is 65.7 Å². The minimum atomic E-state index is -1.77. The molecule has 0 aliphatic carbocycles. The molecule has 0 unspecified atom stereocenters. The Labute approximate surface area is 177 Å². The standard InChI is InChI=1S/C25H36O3Si/c1-25(2,3)29(4,5)28-23(17-24-19-27-24)16-13-20-11-14-22(15-12-20)26-18-21-9-7-6-8-10-21/h6-12,14-15,23-24H,13,16-19H2,1-5H3/t23-,24-/m0/s1. The average Bonchev–Trinajstić information content (AvgIpc) is 3.49. The van der Waals surface area contributed by atoms with E-state index in [0.29, 0.717) is 12.7 Å². The van der Waals surface area contributed by atoms with Gasteiger partial charge in [-0.1, -0.05) is 63.2 Å². The highest BCUT2D eigenvalue weighted by molar-refractivity contribution is 6.74. The molecule has 4 heteroatoms. The molecule has 0 spiro atoms. The van der Waals surface area contributed by atoms with Crippen LogP contribution in [0.5, 0.6) is 5.75 Å². The normalized spacial score (nSPS) is 17.8. The third-order valence-corrected chi connectivity index (χ3v) is 10.7. The quantitative estimate of drug-likeness (QED) is 0.335. The molecule has 2 atom stereocenters. The van der Waals surface area contributed by atoms with E-state index >= 15 is 0 Å². The van der Waals surface area contributed by atoms with Crippen LogP contribution in [0.3, 0.4) is 0 Å². The monoisotopic (exact) mass is 412 g/mol. The van der Waals surface area contributed by atoms with Gasteiger partial charge in [-0.15, -0.1) is 0 Å². The van der Waals surface area contributed by atoms with Crippen molar-refractivity contribution in [2.75, 3.05) is 6.61 Å². The van der Waals surface area contributed by atoms with E-state index in [9.17, 15) is 0 Å². The summed E-state index contributed by atoms with van der Waals surface area (Å²) < 4.78 is 18.1. The lowest BCUT2D eigenvalue weighted by atomic mass is 10.0. The molecular weight excluding hydrogens is 376 g/mol. The van der Waals surface area contributed by atoms with Gasteiger partial charge < -0.3 is 13.9 Å². The summed E-state index contributed by atoms with van der Waals surface area (Å²) in [4.78, 5) is 0. The number of benzene rings is 2. The molecule has 0 aromatic heterocycles. The van der Waals surface area contributed by atoms with Gasteiger partial charge in [0, 0.05) is 12.5 Å². The molecule has 0 radical (unpaired) electrons. The highest BCUT2D eigenvalue weighted by atomic mass is 28.4. The largest absolute Gasteiger partial charge is 0.489 e. The Morgan fingerprint density at radius 2 is 1.66 bits per heavy atom. The molecular formula is C25H36O3Si. The van der Waals surface area contributed by atoms with Crippen LogP contribution in [-0.4, -0.2) is 27.1 Å². The Balaban J connectivity index is 1.52. The third-order valence-electron chi connectivity index (χ3n) is 6.12. The number of ether oxygens (including phenoxy) is 2. The first-order valence-corrected chi connectivity index (χ1v) is 13.7. The minimum Gasteiger partial charge on any atom is -0.489 e. The maximum atomic E-state index is 6.72. The van der Waals surface area contributed by atoms with E-state index in [1.807, 2.05) is 18.2 Å². The number of rotatable bonds is 10. The molecule has 2 aromatic carbocycles. The zero-order chi connectivity index (χ0) is 20.9. The fraction of sp³-hybridized carbons (Fsp3) is 0.520. The summed E-state index contributed by atoms with van der Waals surface area (Å²) in [7, 11) is -1.77. The summed E-state index contributed by atoms with van der Waals surface area (Å²) in [5.74, 6) is 0.915. The van der Waals surface area contributed by atoms with E-state index in [0.717, 1.165) is 31.6 Å². The third kappa shape index (κ3) is 6.98. The summed E-state index contributed by atoms with van der Waals surface area (Å²) in [5.41, 5.74) is 2.52. The van der Waals surface area contributed by atoms with Gasteiger partial charge in [0.05, 0.1) is 12.7 Å². The van der Waals surface area contributed by atoms with E-state index in [1.165, 1.54) is 11.1 Å². The second-order valence-corrected chi connectivity index (χ2v) is 14.4. The predicted octanol–water partition coefficient (Wildman–Crippen LogP) is 6.38. The fourth-order valence-corrected chi connectivity index (χ4v) is 4.54. The van der Waals surface area contributed by atoms with Crippen molar-refractivity contribution in [1.29, 1.82) is 0 Å². The van der Waals surface area contributed by atoms with Crippen LogP contribution in [0.2, 0.25) is 18.1 Å². The van der Waals surface area contributed by atoms with E-state index in [4.69, 9.17) is 13.9 Å². The maximum absolute atomic E-state index is 6.72. The van der Waals surface area contributed by atoms with Gasteiger partial charge in [-0.25, -0.2) is 0 Å². The highest BCUT2D eigenvalue weighted by Crippen LogP contribution is 2.38. The summed E-state index contributed by atoms with van der Waals surface area (Å²) in [5, 5.41) is 0.230. The summed E-state index contributed by atoms with van der Waals surface area (Å²) in [6, 6.07) is 18.8. The second kappa shape index (κ2) is 9.46. The van der Waals surface area contributed by atoms with E-state index in [2.05, 4.69) is 70.3 Å². The molecule has 0 saturated carbocycles. The first-order valence-electron chi connectivity index (χ1n) is 10.8. The molecule has 29 heavy (non-hydrogen) atoms. The number of epoxide rings is 1. The van der Waals surface area contributed by atoms with Crippen LogP contribution in [0, 0.1) is 0 Å². The van der Waals surface area contributed by atoms with Crippen molar-refractivity contribution in [2.45, 2.75) is 77.0 Å². The number of hydrogen-bond acceptors (Lipinski definition) is 3. The molecule has 1 saturated heterocycles. The van der Waals surface area contributed by atoms with Crippen LogP contribution >= 0.6 is 0 Å². The van der Waals surface area contributed by atoms with Gasteiger partial charge in [-0.05, 0) is 54.2 Å². The lowest BCUT2D eigenvalue weighted by molar-refractivity contribution is 0.150. The second-order valence-electron chi connectivity index (χ2n) is 9.65. The van der Waals surface area contributed by atoms with Gasteiger partial charge in [0.25, 0.3) is 0 Å². The first kappa shape index (κ1) is 22.1. The smallest absolute Gasteiger partial charge is 0.192 e. The SMILES string of the molecule is CC(C)(C)[Si](C)(C)O[C@@H](CCc1ccc(OCc2ccccc2)cc1)C[C@H]1CO1. The molecule has 3 nitrogen and oxygen atoms in total. The predicted molar refractivity (Wildman–Crippen MR) is 122 cm³/mol. The van der Waals surface area contributed by atoms with E-state index in [-0.39, 0.29) is 11.1 Å². The van der Waals surface area contributed by atoms with Crippen LogP contribution in [-0.2, 0) is 22.2 Å². The molecule has 1 heterocycles. The van der Waals surface area contributed by atoms with Crippen molar-refractivity contribution in [3.8, 4) is 5.75 Å². The first-order chi connectivity index (χ1) is 13.7. The number of aryl methyl sites for hydroxylation is 1. The van der Waals surface area contributed by atoms with Crippen LogP contribution in [0.25, 0.3) is 0 Å². The van der Waals surface area contributed by atoms with Crippen molar-refractivity contribution < 1.29 is 13.9 Å². The van der Waals surface area contributed by atoms with Gasteiger partial charge in [0.15, 0.2) is 8.32 Å². The summed E-state index contributed by atoms with van der Waals surface area (Å²) >= 11 is 0. The molecule has 1 fully saturated rings. The van der Waals surface area contributed by atoms with Crippen molar-refractivity contribution in [3.63, 3.8) is 0 Å². The van der Waals surface area contributed by atoms with Crippen LogP contribution in [0.4, 0.5) is 0 Å². The molecule has 1 aliphatic heterocycles. The van der Waals surface area contributed by atoms with Gasteiger partial charge in [0.2, 0.25) is 0 Å². The molecule has 1 aliphatic rings. The summed E-state index contributed by atoms with van der Waals surface area (Å²) in [6.45, 7) is 13.1. The average molecular weight is 413 g/mol. The van der Waals surface area contributed by atoms with E-state index in [1.54, 1.807) is 0 Å². The van der Waals surface area contributed by atoms with Gasteiger partial charge in [-0.2, -0.15) is 0 Å². The minimum absolute atomic E-state index is 0.230. The van der Waals surface area contributed by atoms with Crippen LogP contribution in [0.1, 0.15) is 44.7 Å². The Morgan fingerprint density at radius 3 is 2.24 bits per heavy atom. The zero-order valence-electron chi connectivity index (χ0n) is 18.6. The Bertz CT molecular complexity index is 746. The van der Waals surface area contributed by atoms with Crippen LogP contribution < -0.4 is 4.74 Å². The number of hydrogen-bond donors (Lipinski definition) is 0. The lowest BCUT2D eigenvalue weighted by Gasteiger charge is -2.39. The highest BCUT2D eigenvalue weighted by Gasteiger charge is 2.40. The Morgan fingerprint density at radius 1 is 1.00 bits per heavy atom. The Hall–Kier alpha value is -1.62. The van der Waals surface area contributed by atoms with Crippen molar-refractivity contribution >= 4 is 8.32 Å². The maximum Gasteiger partial charge on any atom is 0.192 e. The van der Waals surface area contributed by atoms with Crippen molar-refractivity contribution in [1.82, 2.24) is 0 Å². The molecule has 0 amide bonds. The molecule has 3 rings (SSSR count). The van der Waals surface area contributed by atoms with Crippen molar-refractivity contribution in [2.24, 2.45) is 0 Å². The molecule has 158 valence electrons. The molecule has 0 bridgehead atoms. The summed E-state index contributed by atoms with van der Waals surface area (Å²) in [6.07, 6.45) is 3.75. The topological polar surface area (TPSA) is 31.0 Å². The molecule has 2 aromatic rings. The van der Waals surface area contributed by atoms with E-state index < -0.39 is 8.32 Å². The zero-order valence-corrected chi connectivity index (χ0v) is 19.6. The van der Waals surface area contributed by atoms with Gasteiger partial charge in [-0.3, -0.25) is 0 Å². The fourth-order valence-electron chi connectivity index (χ4n) is 3.14. The van der Waals surface area contributed by atoms with Crippen LogP contribution in [0.15, 0.2) is 54.6 Å².